The molecule has 0 radical (unpaired) electrons. The lowest BCUT2D eigenvalue weighted by atomic mass is 10.1. The molecule has 6 heteroatoms. The van der Waals surface area contributed by atoms with E-state index in [2.05, 4.69) is 15.3 Å². The summed E-state index contributed by atoms with van der Waals surface area (Å²) in [5.74, 6) is -0.702. The minimum atomic E-state index is -0.563. The Morgan fingerprint density at radius 2 is 1.87 bits per heavy atom. The summed E-state index contributed by atoms with van der Waals surface area (Å²) in [6, 6.07) is 13.1. The molecule has 1 aromatic heterocycles. The summed E-state index contributed by atoms with van der Waals surface area (Å²) in [6.07, 6.45) is 0.563. The standard InChI is InChI=1S/C17H14FN3O2/c18-12-7-5-11(6-8-12)9-10-19-16(22)15-13-3-1-2-4-14(13)20-17(23)21-15/h1-8H,9-10H2,(H,19,22)(H,20,21,23). The van der Waals surface area contributed by atoms with E-state index in [0.29, 0.717) is 23.9 Å². The number of carbonyl (C=O) groups is 1. The average Bonchev–Trinajstić information content (AvgIpc) is 2.55. The second-order valence-electron chi connectivity index (χ2n) is 5.07. The van der Waals surface area contributed by atoms with Crippen molar-refractivity contribution < 1.29 is 9.18 Å². The van der Waals surface area contributed by atoms with Crippen molar-refractivity contribution in [3.05, 3.63) is 76.1 Å². The first-order valence-corrected chi connectivity index (χ1v) is 7.15. The Morgan fingerprint density at radius 3 is 2.65 bits per heavy atom. The highest BCUT2D eigenvalue weighted by Crippen LogP contribution is 2.12. The van der Waals surface area contributed by atoms with Crippen LogP contribution in [0.1, 0.15) is 16.1 Å². The van der Waals surface area contributed by atoms with Crippen LogP contribution in [-0.2, 0) is 6.42 Å². The van der Waals surface area contributed by atoms with Gasteiger partial charge in [0, 0.05) is 11.9 Å². The van der Waals surface area contributed by atoms with Crippen LogP contribution >= 0.6 is 0 Å². The Balaban J connectivity index is 1.73. The van der Waals surface area contributed by atoms with E-state index in [1.54, 1.807) is 36.4 Å². The minimum absolute atomic E-state index is 0.100. The normalized spacial score (nSPS) is 10.7. The van der Waals surface area contributed by atoms with Gasteiger partial charge in [-0.15, -0.1) is 0 Å². The summed E-state index contributed by atoms with van der Waals surface area (Å²) in [6.45, 7) is 0.368. The average molecular weight is 311 g/mol. The maximum absolute atomic E-state index is 12.8. The van der Waals surface area contributed by atoms with E-state index in [-0.39, 0.29) is 11.5 Å². The molecule has 0 bridgehead atoms. The number of amides is 1. The Kier molecular flexibility index (Phi) is 4.14. The minimum Gasteiger partial charge on any atom is -0.350 e. The molecule has 0 aliphatic carbocycles. The summed E-state index contributed by atoms with van der Waals surface area (Å²) in [5.41, 5.74) is 1.02. The summed E-state index contributed by atoms with van der Waals surface area (Å²) >= 11 is 0. The van der Waals surface area contributed by atoms with E-state index in [4.69, 9.17) is 0 Å². The number of para-hydroxylation sites is 1. The van der Waals surface area contributed by atoms with Crippen molar-refractivity contribution in [3.63, 3.8) is 0 Å². The maximum Gasteiger partial charge on any atom is 0.346 e. The van der Waals surface area contributed by atoms with Gasteiger partial charge in [0.25, 0.3) is 5.91 Å². The van der Waals surface area contributed by atoms with E-state index >= 15 is 0 Å². The molecular formula is C17H14FN3O2. The SMILES string of the molecule is O=C(NCCc1ccc(F)cc1)c1nc(=O)[nH]c2ccccc12. The number of fused-ring (bicyclic) bond motifs is 1. The van der Waals surface area contributed by atoms with Crippen molar-refractivity contribution in [2.75, 3.05) is 6.54 Å². The summed E-state index contributed by atoms with van der Waals surface area (Å²) in [4.78, 5) is 30.2. The van der Waals surface area contributed by atoms with Gasteiger partial charge >= 0.3 is 5.69 Å². The predicted molar refractivity (Wildman–Crippen MR) is 84.8 cm³/mol. The molecule has 116 valence electrons. The predicted octanol–water partition coefficient (Wildman–Crippen LogP) is 2.03. The first-order valence-electron chi connectivity index (χ1n) is 7.15. The van der Waals surface area contributed by atoms with Gasteiger partial charge in [0.05, 0.1) is 5.52 Å². The number of H-pyrrole nitrogens is 1. The van der Waals surface area contributed by atoms with Crippen LogP contribution in [-0.4, -0.2) is 22.4 Å². The van der Waals surface area contributed by atoms with Crippen LogP contribution in [0.15, 0.2) is 53.3 Å². The molecule has 1 heterocycles. The number of rotatable bonds is 4. The topological polar surface area (TPSA) is 74.8 Å². The highest BCUT2D eigenvalue weighted by molar-refractivity contribution is 6.04. The fourth-order valence-electron chi connectivity index (χ4n) is 2.33. The third kappa shape index (κ3) is 3.42. The number of aromatic nitrogens is 2. The molecule has 3 aromatic rings. The largest absolute Gasteiger partial charge is 0.350 e. The molecule has 2 aromatic carbocycles. The van der Waals surface area contributed by atoms with E-state index in [1.807, 2.05) is 0 Å². The zero-order valence-corrected chi connectivity index (χ0v) is 12.2. The van der Waals surface area contributed by atoms with Gasteiger partial charge in [-0.05, 0) is 30.2 Å². The van der Waals surface area contributed by atoms with E-state index in [1.165, 1.54) is 12.1 Å². The van der Waals surface area contributed by atoms with Gasteiger partial charge in [0.15, 0.2) is 0 Å². The summed E-state index contributed by atoms with van der Waals surface area (Å²) in [7, 11) is 0. The quantitative estimate of drug-likeness (QED) is 0.774. The molecule has 0 aliphatic heterocycles. The number of halogens is 1. The van der Waals surface area contributed by atoms with E-state index in [0.717, 1.165) is 5.56 Å². The lowest BCUT2D eigenvalue weighted by Crippen LogP contribution is -2.29. The molecule has 2 N–H and O–H groups in total. The van der Waals surface area contributed by atoms with E-state index < -0.39 is 11.6 Å². The Labute approximate surface area is 131 Å². The Morgan fingerprint density at radius 1 is 1.13 bits per heavy atom. The zero-order valence-electron chi connectivity index (χ0n) is 12.2. The summed E-state index contributed by atoms with van der Waals surface area (Å²) < 4.78 is 12.8. The summed E-state index contributed by atoms with van der Waals surface area (Å²) in [5, 5.41) is 3.32. The molecule has 0 saturated carbocycles. The van der Waals surface area contributed by atoms with Crippen LogP contribution in [0, 0.1) is 5.82 Å². The van der Waals surface area contributed by atoms with Crippen molar-refractivity contribution in [3.8, 4) is 0 Å². The number of nitrogens with one attached hydrogen (secondary N) is 2. The van der Waals surface area contributed by atoms with Gasteiger partial charge in [-0.2, -0.15) is 4.98 Å². The number of hydrogen-bond acceptors (Lipinski definition) is 3. The number of benzene rings is 2. The molecule has 0 atom stereocenters. The van der Waals surface area contributed by atoms with Crippen LogP contribution in [0.4, 0.5) is 4.39 Å². The molecule has 0 saturated heterocycles. The number of aromatic amines is 1. The Hall–Kier alpha value is -3.02. The van der Waals surface area contributed by atoms with Gasteiger partial charge in [0.1, 0.15) is 11.5 Å². The van der Waals surface area contributed by atoms with E-state index in [9.17, 15) is 14.0 Å². The number of nitrogens with zero attached hydrogens (tertiary/aromatic N) is 1. The zero-order chi connectivity index (χ0) is 16.2. The lowest BCUT2D eigenvalue weighted by Gasteiger charge is -2.07. The first-order chi connectivity index (χ1) is 11.1. The van der Waals surface area contributed by atoms with Gasteiger partial charge in [-0.3, -0.25) is 4.79 Å². The third-order valence-corrected chi connectivity index (χ3v) is 3.46. The number of carbonyl (C=O) groups excluding carboxylic acids is 1. The van der Waals surface area contributed by atoms with Crippen LogP contribution in [0.25, 0.3) is 10.9 Å². The fourth-order valence-corrected chi connectivity index (χ4v) is 2.33. The van der Waals surface area contributed by atoms with Crippen molar-refractivity contribution in [1.82, 2.24) is 15.3 Å². The number of hydrogen-bond donors (Lipinski definition) is 2. The Bertz CT molecular complexity index is 904. The van der Waals surface area contributed by atoms with Crippen molar-refractivity contribution in [2.24, 2.45) is 0 Å². The van der Waals surface area contributed by atoms with Crippen LogP contribution in [0.2, 0.25) is 0 Å². The van der Waals surface area contributed by atoms with Crippen LogP contribution in [0.5, 0.6) is 0 Å². The molecule has 5 nitrogen and oxygen atoms in total. The monoisotopic (exact) mass is 311 g/mol. The fraction of sp³-hybridized carbons (Fsp3) is 0.118. The van der Waals surface area contributed by atoms with Crippen LogP contribution < -0.4 is 11.0 Å². The molecule has 0 unspecified atom stereocenters. The van der Waals surface area contributed by atoms with Gasteiger partial charge in [0.2, 0.25) is 0 Å². The molecule has 0 fully saturated rings. The first kappa shape index (κ1) is 14.9. The molecular weight excluding hydrogens is 297 g/mol. The van der Waals surface area contributed by atoms with Crippen LogP contribution in [0.3, 0.4) is 0 Å². The van der Waals surface area contributed by atoms with Gasteiger partial charge in [-0.25, -0.2) is 9.18 Å². The maximum atomic E-state index is 12.8. The molecule has 1 amide bonds. The van der Waals surface area contributed by atoms with Gasteiger partial charge in [-0.1, -0.05) is 30.3 Å². The lowest BCUT2D eigenvalue weighted by molar-refractivity contribution is 0.0950. The molecule has 0 aliphatic rings. The van der Waals surface area contributed by atoms with Crippen molar-refractivity contribution >= 4 is 16.8 Å². The molecule has 3 rings (SSSR count). The molecule has 23 heavy (non-hydrogen) atoms. The second-order valence-corrected chi connectivity index (χ2v) is 5.07. The highest BCUT2D eigenvalue weighted by atomic mass is 19.1. The van der Waals surface area contributed by atoms with Gasteiger partial charge < -0.3 is 10.3 Å². The highest BCUT2D eigenvalue weighted by Gasteiger charge is 2.12. The molecule has 0 spiro atoms. The smallest absolute Gasteiger partial charge is 0.346 e. The third-order valence-electron chi connectivity index (χ3n) is 3.46. The van der Waals surface area contributed by atoms with Crippen molar-refractivity contribution in [2.45, 2.75) is 6.42 Å². The second kappa shape index (κ2) is 6.39. The van der Waals surface area contributed by atoms with Crippen molar-refractivity contribution in [1.29, 1.82) is 0 Å².